The summed E-state index contributed by atoms with van der Waals surface area (Å²) in [7, 11) is 0. The molecule has 12 heavy (non-hydrogen) atoms. The molecule has 0 aliphatic carbocycles. The van der Waals surface area contributed by atoms with E-state index >= 15 is 0 Å². The van der Waals surface area contributed by atoms with Crippen LogP contribution in [-0.4, -0.2) is 34.2 Å². The second-order valence-electron chi connectivity index (χ2n) is 2.53. The molecule has 0 aromatic heterocycles. The Kier molecular flexibility index (Phi) is 7.29. The van der Waals surface area contributed by atoms with Crippen molar-refractivity contribution in [2.75, 3.05) is 18.9 Å². The first-order valence-electron chi connectivity index (χ1n) is 4.24. The van der Waals surface area contributed by atoms with E-state index in [9.17, 15) is 4.79 Å². The number of unbranched alkanes of at least 4 members (excludes halogenated alkanes) is 1. The summed E-state index contributed by atoms with van der Waals surface area (Å²) in [6, 6.07) is 0. The number of rotatable bonds is 6. The van der Waals surface area contributed by atoms with Crippen molar-refractivity contribution in [3.05, 3.63) is 0 Å². The Bertz CT molecular complexity index is 122. The quantitative estimate of drug-likeness (QED) is 0.643. The Morgan fingerprint density at radius 3 is 2.67 bits per heavy atom. The van der Waals surface area contributed by atoms with Crippen molar-refractivity contribution in [2.24, 2.45) is 0 Å². The molecule has 0 aromatic carbocycles. The van der Waals surface area contributed by atoms with Crippen LogP contribution < -0.4 is 0 Å². The minimum absolute atomic E-state index is 0.0712. The van der Waals surface area contributed by atoms with Crippen molar-refractivity contribution in [1.29, 1.82) is 0 Å². The molecule has 0 saturated carbocycles. The fourth-order valence-corrected chi connectivity index (χ4v) is 1.51. The fraction of sp³-hybridized carbons (Fsp3) is 0.875. The molecule has 0 fully saturated rings. The lowest BCUT2D eigenvalue weighted by molar-refractivity contribution is -0.123. The van der Waals surface area contributed by atoms with Gasteiger partial charge >= 0.3 is 0 Å². The topological polar surface area (TPSA) is 40.5 Å². The van der Waals surface area contributed by atoms with Crippen LogP contribution in [0.1, 0.15) is 26.7 Å². The average molecular weight is 191 g/mol. The third-order valence-corrected chi connectivity index (χ3v) is 2.52. The zero-order valence-corrected chi connectivity index (χ0v) is 8.56. The van der Waals surface area contributed by atoms with E-state index < -0.39 is 0 Å². The molecule has 1 N–H and O–H groups in total. The molecule has 0 unspecified atom stereocenters. The molecule has 0 aliphatic heterocycles. The van der Waals surface area contributed by atoms with Gasteiger partial charge in [0.15, 0.2) is 0 Å². The number of nitrogens with zero attached hydrogens (tertiary/aromatic N) is 1. The molecule has 0 radical (unpaired) electrons. The first kappa shape index (κ1) is 11.8. The van der Waals surface area contributed by atoms with Gasteiger partial charge < -0.3 is 5.11 Å². The summed E-state index contributed by atoms with van der Waals surface area (Å²) in [5.41, 5.74) is 0. The van der Waals surface area contributed by atoms with E-state index in [1.807, 2.05) is 0 Å². The van der Waals surface area contributed by atoms with E-state index in [2.05, 4.69) is 6.92 Å². The zero-order chi connectivity index (χ0) is 9.40. The second-order valence-corrected chi connectivity index (χ2v) is 3.64. The van der Waals surface area contributed by atoms with Gasteiger partial charge in [-0.1, -0.05) is 13.3 Å². The highest BCUT2D eigenvalue weighted by molar-refractivity contribution is 7.97. The Balaban J connectivity index is 3.62. The van der Waals surface area contributed by atoms with E-state index in [1.54, 1.807) is 11.2 Å². The number of hydrogen-bond acceptors (Lipinski definition) is 3. The molecule has 0 heterocycles. The maximum absolute atomic E-state index is 11.0. The van der Waals surface area contributed by atoms with Gasteiger partial charge in [-0.25, -0.2) is 0 Å². The summed E-state index contributed by atoms with van der Waals surface area (Å²) in [6.07, 6.45) is 2.11. The SMILES string of the molecule is CCCCN(SCCO)C(C)=O. The summed E-state index contributed by atoms with van der Waals surface area (Å²) in [5, 5.41) is 8.56. The Labute approximate surface area is 78.3 Å². The summed E-state index contributed by atoms with van der Waals surface area (Å²) in [6.45, 7) is 4.56. The molecule has 0 bridgehead atoms. The number of carbonyl (C=O) groups is 1. The lowest BCUT2D eigenvalue weighted by atomic mass is 10.3. The van der Waals surface area contributed by atoms with Crippen molar-refractivity contribution < 1.29 is 9.90 Å². The van der Waals surface area contributed by atoms with Gasteiger partial charge in [0.25, 0.3) is 0 Å². The molecule has 0 atom stereocenters. The molecule has 0 rings (SSSR count). The van der Waals surface area contributed by atoms with Crippen molar-refractivity contribution in [3.63, 3.8) is 0 Å². The zero-order valence-electron chi connectivity index (χ0n) is 7.75. The Morgan fingerprint density at radius 2 is 2.25 bits per heavy atom. The van der Waals surface area contributed by atoms with E-state index in [1.165, 1.54) is 11.9 Å². The monoisotopic (exact) mass is 191 g/mol. The molecule has 0 aliphatic rings. The Morgan fingerprint density at radius 1 is 1.58 bits per heavy atom. The minimum Gasteiger partial charge on any atom is -0.395 e. The molecule has 4 heteroatoms. The largest absolute Gasteiger partial charge is 0.395 e. The van der Waals surface area contributed by atoms with Gasteiger partial charge in [-0.15, -0.1) is 0 Å². The van der Waals surface area contributed by atoms with Crippen molar-refractivity contribution >= 4 is 17.9 Å². The van der Waals surface area contributed by atoms with Crippen LogP contribution in [0.5, 0.6) is 0 Å². The standard InChI is InChI=1S/C8H17NO2S/c1-3-4-5-9(8(2)11)12-7-6-10/h10H,3-7H2,1-2H3. The van der Waals surface area contributed by atoms with Gasteiger partial charge in [0, 0.05) is 19.2 Å². The lowest BCUT2D eigenvalue weighted by Crippen LogP contribution is -2.23. The summed E-state index contributed by atoms with van der Waals surface area (Å²) >= 11 is 1.40. The van der Waals surface area contributed by atoms with Crippen molar-refractivity contribution in [3.8, 4) is 0 Å². The summed E-state index contributed by atoms with van der Waals surface area (Å²) in [4.78, 5) is 11.0. The van der Waals surface area contributed by atoms with Gasteiger partial charge in [0.2, 0.25) is 5.91 Å². The minimum atomic E-state index is 0.0712. The van der Waals surface area contributed by atoms with Gasteiger partial charge in [0.05, 0.1) is 6.61 Å². The fourth-order valence-electron chi connectivity index (χ4n) is 0.766. The molecule has 0 spiro atoms. The molecular weight excluding hydrogens is 174 g/mol. The highest BCUT2D eigenvalue weighted by Crippen LogP contribution is 2.10. The second kappa shape index (κ2) is 7.43. The number of aliphatic hydroxyl groups is 1. The van der Waals surface area contributed by atoms with Crippen LogP contribution in [0.15, 0.2) is 0 Å². The Hall–Kier alpha value is -0.220. The van der Waals surface area contributed by atoms with Gasteiger partial charge in [0.1, 0.15) is 0 Å². The van der Waals surface area contributed by atoms with E-state index in [-0.39, 0.29) is 12.5 Å². The number of hydrogen-bond donors (Lipinski definition) is 1. The summed E-state index contributed by atoms with van der Waals surface area (Å²) in [5.74, 6) is 0.672. The van der Waals surface area contributed by atoms with Gasteiger partial charge in [-0.3, -0.25) is 9.10 Å². The lowest BCUT2D eigenvalue weighted by Gasteiger charge is -2.18. The maximum Gasteiger partial charge on any atom is 0.229 e. The van der Waals surface area contributed by atoms with E-state index in [4.69, 9.17) is 5.11 Å². The molecule has 72 valence electrons. The van der Waals surface area contributed by atoms with Crippen LogP contribution in [0.4, 0.5) is 0 Å². The van der Waals surface area contributed by atoms with Gasteiger partial charge in [-0.2, -0.15) is 0 Å². The van der Waals surface area contributed by atoms with Crippen LogP contribution in [0.3, 0.4) is 0 Å². The molecule has 0 aromatic rings. The number of amides is 1. The predicted octanol–water partition coefficient (Wildman–Crippen LogP) is 1.28. The third kappa shape index (κ3) is 5.43. The summed E-state index contributed by atoms with van der Waals surface area (Å²) < 4.78 is 1.71. The number of aliphatic hydroxyl groups excluding tert-OH is 1. The predicted molar refractivity (Wildman–Crippen MR) is 51.8 cm³/mol. The van der Waals surface area contributed by atoms with E-state index in [0.717, 1.165) is 19.4 Å². The van der Waals surface area contributed by atoms with Crippen LogP contribution in [-0.2, 0) is 4.79 Å². The first-order valence-corrected chi connectivity index (χ1v) is 5.18. The first-order chi connectivity index (χ1) is 5.72. The number of carbonyl (C=O) groups excluding carboxylic acids is 1. The van der Waals surface area contributed by atoms with Crippen molar-refractivity contribution in [1.82, 2.24) is 4.31 Å². The van der Waals surface area contributed by atoms with Gasteiger partial charge in [-0.05, 0) is 18.4 Å². The molecule has 0 saturated heterocycles. The smallest absolute Gasteiger partial charge is 0.229 e. The highest BCUT2D eigenvalue weighted by atomic mass is 32.2. The average Bonchev–Trinajstić information content (AvgIpc) is 2.04. The van der Waals surface area contributed by atoms with Crippen molar-refractivity contribution in [2.45, 2.75) is 26.7 Å². The third-order valence-electron chi connectivity index (χ3n) is 1.40. The molecule has 3 nitrogen and oxygen atoms in total. The van der Waals surface area contributed by atoms with Crippen LogP contribution in [0, 0.1) is 0 Å². The molecule has 1 amide bonds. The normalized spacial score (nSPS) is 9.92. The van der Waals surface area contributed by atoms with Crippen LogP contribution >= 0.6 is 11.9 Å². The van der Waals surface area contributed by atoms with E-state index in [0.29, 0.717) is 5.75 Å². The highest BCUT2D eigenvalue weighted by Gasteiger charge is 2.07. The molecular formula is C8H17NO2S. The van der Waals surface area contributed by atoms with Crippen LogP contribution in [0.2, 0.25) is 0 Å². The van der Waals surface area contributed by atoms with Crippen LogP contribution in [0.25, 0.3) is 0 Å². The maximum atomic E-state index is 11.0.